The Hall–Kier alpha value is -1.53. The average Bonchev–Trinajstić information content (AvgIpc) is 2.99. The summed E-state index contributed by atoms with van der Waals surface area (Å²) in [5.41, 5.74) is 1.12. The van der Waals surface area contributed by atoms with Crippen LogP contribution in [0.5, 0.6) is 0 Å². The van der Waals surface area contributed by atoms with Gasteiger partial charge in [-0.05, 0) is 18.6 Å². The number of benzene rings is 1. The van der Waals surface area contributed by atoms with Gasteiger partial charge in [-0.2, -0.15) is 4.31 Å². The molecule has 1 aliphatic rings. The molecule has 1 aromatic carbocycles. The molecule has 6 heteroatoms. The second kappa shape index (κ2) is 6.93. The molecule has 1 aromatic heterocycles. The minimum atomic E-state index is -3.09. The quantitative estimate of drug-likeness (QED) is 0.826. The number of fused-ring (bicyclic) bond motifs is 1. The number of nitrogens with zero attached hydrogens (tertiary/aromatic N) is 2. The first-order valence-corrected chi connectivity index (χ1v) is 10.0. The monoisotopic (exact) mass is 335 g/mol. The molecule has 0 bridgehead atoms. The molecule has 0 spiro atoms. The molecule has 1 N–H and O–H groups in total. The van der Waals surface area contributed by atoms with Crippen molar-refractivity contribution in [1.82, 2.24) is 9.29 Å². The van der Waals surface area contributed by atoms with E-state index in [0.717, 1.165) is 43.7 Å². The molecule has 0 saturated carbocycles. The number of aromatic amines is 1. The number of nitrogens with one attached hydrogen (secondary N) is 1. The highest BCUT2D eigenvalue weighted by atomic mass is 32.2. The smallest absolute Gasteiger partial charge is 0.214 e. The Labute approximate surface area is 138 Å². The average molecular weight is 335 g/mol. The SMILES string of the molecule is CCCCCS(=O)(=O)N1CCN(c2cc3ccccc3[nH]2)CC1. The van der Waals surface area contributed by atoms with Crippen LogP contribution in [-0.4, -0.2) is 49.6 Å². The van der Waals surface area contributed by atoms with Crippen molar-refractivity contribution in [1.29, 1.82) is 0 Å². The molecule has 0 radical (unpaired) electrons. The van der Waals surface area contributed by atoms with Crippen LogP contribution in [-0.2, 0) is 10.0 Å². The van der Waals surface area contributed by atoms with Crippen molar-refractivity contribution in [2.75, 3.05) is 36.8 Å². The van der Waals surface area contributed by atoms with E-state index < -0.39 is 10.0 Å². The first-order valence-electron chi connectivity index (χ1n) is 8.40. The molecule has 2 heterocycles. The number of H-pyrrole nitrogens is 1. The van der Waals surface area contributed by atoms with Crippen LogP contribution in [0.4, 0.5) is 5.82 Å². The Morgan fingerprint density at radius 1 is 1.09 bits per heavy atom. The number of sulfonamides is 1. The van der Waals surface area contributed by atoms with Crippen LogP contribution in [0.15, 0.2) is 30.3 Å². The van der Waals surface area contributed by atoms with Gasteiger partial charge in [-0.25, -0.2) is 8.42 Å². The predicted molar refractivity (Wildman–Crippen MR) is 95.4 cm³/mol. The molecule has 2 aromatic rings. The van der Waals surface area contributed by atoms with Gasteiger partial charge in [0.15, 0.2) is 0 Å². The minimum Gasteiger partial charge on any atom is -0.356 e. The number of para-hydroxylation sites is 1. The zero-order valence-corrected chi connectivity index (χ0v) is 14.5. The van der Waals surface area contributed by atoms with Crippen LogP contribution in [0.25, 0.3) is 10.9 Å². The maximum absolute atomic E-state index is 12.3. The van der Waals surface area contributed by atoms with Crippen molar-refractivity contribution in [3.8, 4) is 0 Å². The Morgan fingerprint density at radius 2 is 1.83 bits per heavy atom. The summed E-state index contributed by atoms with van der Waals surface area (Å²) in [6, 6.07) is 10.3. The second-order valence-corrected chi connectivity index (χ2v) is 8.24. The molecule has 0 unspecified atom stereocenters. The summed E-state index contributed by atoms with van der Waals surface area (Å²) < 4.78 is 26.3. The van der Waals surface area contributed by atoms with E-state index in [4.69, 9.17) is 0 Å². The van der Waals surface area contributed by atoms with Gasteiger partial charge >= 0.3 is 0 Å². The lowest BCUT2D eigenvalue weighted by atomic mass is 10.2. The molecule has 3 rings (SSSR count). The Morgan fingerprint density at radius 3 is 2.52 bits per heavy atom. The fraction of sp³-hybridized carbons (Fsp3) is 0.529. The predicted octanol–water partition coefficient (Wildman–Crippen LogP) is 2.81. The van der Waals surface area contributed by atoms with Crippen LogP contribution in [0.2, 0.25) is 0 Å². The van der Waals surface area contributed by atoms with Crippen molar-refractivity contribution in [2.24, 2.45) is 0 Å². The lowest BCUT2D eigenvalue weighted by Crippen LogP contribution is -2.49. The zero-order chi connectivity index (χ0) is 16.3. The summed E-state index contributed by atoms with van der Waals surface area (Å²) in [6.07, 6.45) is 2.79. The Kier molecular flexibility index (Phi) is 4.92. The fourth-order valence-corrected chi connectivity index (χ4v) is 4.65. The van der Waals surface area contributed by atoms with Crippen LogP contribution >= 0.6 is 0 Å². The highest BCUT2D eigenvalue weighted by molar-refractivity contribution is 7.89. The third kappa shape index (κ3) is 3.70. The largest absolute Gasteiger partial charge is 0.356 e. The minimum absolute atomic E-state index is 0.285. The van der Waals surface area contributed by atoms with Gasteiger partial charge in [0.25, 0.3) is 0 Å². The summed E-state index contributed by atoms with van der Waals surface area (Å²) in [6.45, 7) is 4.71. The third-order valence-electron chi connectivity index (χ3n) is 4.49. The molecule has 0 amide bonds. The first kappa shape index (κ1) is 16.3. The highest BCUT2D eigenvalue weighted by Gasteiger charge is 2.26. The molecule has 1 saturated heterocycles. The van der Waals surface area contributed by atoms with E-state index in [1.54, 1.807) is 4.31 Å². The lowest BCUT2D eigenvalue weighted by Gasteiger charge is -2.34. The standard InChI is InChI=1S/C17H25N3O2S/c1-2-3-6-13-23(21,22)20-11-9-19(10-12-20)17-14-15-7-4-5-8-16(15)18-17/h4-5,7-8,14,18H,2-3,6,9-13H2,1H3. The van der Waals surface area contributed by atoms with Gasteiger partial charge in [-0.3, -0.25) is 0 Å². The lowest BCUT2D eigenvalue weighted by molar-refractivity contribution is 0.383. The zero-order valence-electron chi connectivity index (χ0n) is 13.7. The van der Waals surface area contributed by atoms with Crippen LogP contribution in [0.1, 0.15) is 26.2 Å². The summed E-state index contributed by atoms with van der Waals surface area (Å²) in [5, 5.41) is 1.19. The fourth-order valence-electron chi connectivity index (χ4n) is 3.10. The molecule has 0 aliphatic carbocycles. The highest BCUT2D eigenvalue weighted by Crippen LogP contribution is 2.23. The summed E-state index contributed by atoms with van der Waals surface area (Å²) in [7, 11) is -3.09. The number of piperazine rings is 1. The maximum Gasteiger partial charge on any atom is 0.214 e. The van der Waals surface area contributed by atoms with Gasteiger partial charge in [-0.1, -0.05) is 38.0 Å². The van der Waals surface area contributed by atoms with Crippen molar-refractivity contribution in [3.63, 3.8) is 0 Å². The molecule has 126 valence electrons. The number of hydrogen-bond acceptors (Lipinski definition) is 3. The van der Waals surface area contributed by atoms with Gasteiger partial charge in [0, 0.05) is 37.1 Å². The van der Waals surface area contributed by atoms with E-state index in [-0.39, 0.29) is 5.75 Å². The molecule has 23 heavy (non-hydrogen) atoms. The van der Waals surface area contributed by atoms with Gasteiger partial charge in [-0.15, -0.1) is 0 Å². The van der Waals surface area contributed by atoms with Gasteiger partial charge in [0.05, 0.1) is 5.75 Å². The second-order valence-electron chi connectivity index (χ2n) is 6.15. The maximum atomic E-state index is 12.3. The van der Waals surface area contributed by atoms with Crippen molar-refractivity contribution >= 4 is 26.7 Å². The number of unbranched alkanes of at least 4 members (excludes halogenated alkanes) is 2. The van der Waals surface area contributed by atoms with Gasteiger partial charge in [0.2, 0.25) is 10.0 Å². The summed E-state index contributed by atoms with van der Waals surface area (Å²) in [4.78, 5) is 5.65. The van der Waals surface area contributed by atoms with Gasteiger partial charge in [0.1, 0.15) is 5.82 Å². The summed E-state index contributed by atoms with van der Waals surface area (Å²) in [5.74, 6) is 1.36. The van der Waals surface area contributed by atoms with E-state index >= 15 is 0 Å². The van der Waals surface area contributed by atoms with Crippen LogP contribution in [0.3, 0.4) is 0 Å². The van der Waals surface area contributed by atoms with Crippen molar-refractivity contribution < 1.29 is 8.42 Å². The Bertz CT molecular complexity index is 713. The number of hydrogen-bond donors (Lipinski definition) is 1. The number of anilines is 1. The normalized spacial score (nSPS) is 17.0. The first-order chi connectivity index (χ1) is 11.1. The molecule has 5 nitrogen and oxygen atoms in total. The third-order valence-corrected chi connectivity index (χ3v) is 6.45. The number of rotatable bonds is 6. The number of aromatic nitrogens is 1. The molecule has 1 aliphatic heterocycles. The van der Waals surface area contributed by atoms with E-state index in [0.29, 0.717) is 13.1 Å². The van der Waals surface area contributed by atoms with E-state index in [1.165, 1.54) is 5.39 Å². The molecular weight excluding hydrogens is 310 g/mol. The molecular formula is C17H25N3O2S. The Balaban J connectivity index is 1.61. The van der Waals surface area contributed by atoms with Crippen molar-refractivity contribution in [3.05, 3.63) is 30.3 Å². The summed E-state index contributed by atoms with van der Waals surface area (Å²) >= 11 is 0. The van der Waals surface area contributed by atoms with E-state index in [2.05, 4.69) is 35.0 Å². The van der Waals surface area contributed by atoms with Gasteiger partial charge < -0.3 is 9.88 Å². The van der Waals surface area contributed by atoms with Crippen molar-refractivity contribution in [2.45, 2.75) is 26.2 Å². The molecule has 1 fully saturated rings. The van der Waals surface area contributed by atoms with Crippen LogP contribution < -0.4 is 4.90 Å². The topological polar surface area (TPSA) is 56.4 Å². The van der Waals surface area contributed by atoms with Crippen LogP contribution in [0, 0.1) is 0 Å². The van der Waals surface area contributed by atoms with E-state index in [1.807, 2.05) is 12.1 Å². The molecule has 0 atom stereocenters. The van der Waals surface area contributed by atoms with E-state index in [9.17, 15) is 8.42 Å².